The minimum absolute atomic E-state index is 0.809. The summed E-state index contributed by atoms with van der Waals surface area (Å²) in [5.74, 6) is 0.949. The summed E-state index contributed by atoms with van der Waals surface area (Å²) in [6.07, 6.45) is 10.3. The largest absolute Gasteiger partial charge is 0.310 e. The Balaban J connectivity index is 1.49. The van der Waals surface area contributed by atoms with Crippen molar-refractivity contribution in [3.05, 3.63) is 11.1 Å². The molecule has 0 bridgehead atoms. The molecular weight excluding hydrogens is 294 g/mol. The summed E-state index contributed by atoms with van der Waals surface area (Å²) < 4.78 is 4.65. The molecule has 124 valence electrons. The molecule has 2 aliphatic rings. The fourth-order valence-corrected chi connectivity index (χ4v) is 3.94. The van der Waals surface area contributed by atoms with Crippen molar-refractivity contribution >= 4 is 12.2 Å². The predicted molar refractivity (Wildman–Crippen MR) is 91.2 cm³/mol. The molecule has 1 saturated heterocycles. The maximum absolute atomic E-state index is 5.39. The third-order valence-corrected chi connectivity index (χ3v) is 5.64. The lowest BCUT2D eigenvalue weighted by Gasteiger charge is -2.28. The summed E-state index contributed by atoms with van der Waals surface area (Å²) in [5.41, 5.74) is 0. The SMILES string of the molecule is Cn1cnn(CN2CCCN(CC3CCCCC3)CC2)c1=S. The van der Waals surface area contributed by atoms with Crippen LogP contribution in [0.3, 0.4) is 0 Å². The van der Waals surface area contributed by atoms with Gasteiger partial charge in [-0.3, -0.25) is 4.90 Å². The highest BCUT2D eigenvalue weighted by Gasteiger charge is 2.20. The average molecular weight is 324 g/mol. The number of hydrogen-bond acceptors (Lipinski definition) is 4. The topological polar surface area (TPSA) is 29.2 Å². The van der Waals surface area contributed by atoms with Crippen LogP contribution in [-0.2, 0) is 13.7 Å². The fraction of sp³-hybridized carbons (Fsp3) is 0.875. The van der Waals surface area contributed by atoms with Crippen molar-refractivity contribution in [1.29, 1.82) is 0 Å². The lowest BCUT2D eigenvalue weighted by molar-refractivity contribution is 0.186. The zero-order valence-corrected chi connectivity index (χ0v) is 14.6. The van der Waals surface area contributed by atoms with Crippen LogP contribution < -0.4 is 0 Å². The molecule has 0 spiro atoms. The Morgan fingerprint density at radius 2 is 1.77 bits per heavy atom. The van der Waals surface area contributed by atoms with E-state index < -0.39 is 0 Å². The standard InChI is InChI=1S/C16H29N5S/c1-18-13-17-21(16(18)22)14-20-9-5-8-19(10-11-20)12-15-6-3-2-4-7-15/h13,15H,2-12,14H2,1H3. The number of nitrogens with zero attached hydrogens (tertiary/aromatic N) is 5. The Morgan fingerprint density at radius 1 is 1.05 bits per heavy atom. The number of aryl methyl sites for hydroxylation is 1. The van der Waals surface area contributed by atoms with Gasteiger partial charge in [-0.1, -0.05) is 19.3 Å². The number of hydrogen-bond donors (Lipinski definition) is 0. The van der Waals surface area contributed by atoms with Crippen LogP contribution >= 0.6 is 12.2 Å². The van der Waals surface area contributed by atoms with E-state index in [2.05, 4.69) is 14.9 Å². The molecule has 1 aliphatic carbocycles. The monoisotopic (exact) mass is 323 g/mol. The molecule has 0 N–H and O–H groups in total. The van der Waals surface area contributed by atoms with Crippen molar-refractivity contribution in [2.24, 2.45) is 13.0 Å². The van der Waals surface area contributed by atoms with E-state index in [1.165, 1.54) is 58.2 Å². The average Bonchev–Trinajstić information content (AvgIpc) is 2.74. The molecule has 1 aromatic heterocycles. The highest BCUT2D eigenvalue weighted by molar-refractivity contribution is 7.71. The van der Waals surface area contributed by atoms with E-state index in [-0.39, 0.29) is 0 Å². The van der Waals surface area contributed by atoms with Crippen LogP contribution in [0.4, 0.5) is 0 Å². The van der Waals surface area contributed by atoms with Gasteiger partial charge in [0.05, 0.1) is 6.67 Å². The van der Waals surface area contributed by atoms with Gasteiger partial charge in [0.2, 0.25) is 0 Å². The van der Waals surface area contributed by atoms with E-state index >= 15 is 0 Å². The molecule has 5 nitrogen and oxygen atoms in total. The van der Waals surface area contributed by atoms with Gasteiger partial charge >= 0.3 is 0 Å². The zero-order valence-electron chi connectivity index (χ0n) is 13.8. The minimum atomic E-state index is 0.809. The van der Waals surface area contributed by atoms with Gasteiger partial charge in [0.25, 0.3) is 0 Å². The smallest absolute Gasteiger partial charge is 0.198 e. The molecule has 0 aromatic carbocycles. The maximum Gasteiger partial charge on any atom is 0.198 e. The highest BCUT2D eigenvalue weighted by atomic mass is 32.1. The normalized spacial score (nSPS) is 22.8. The van der Waals surface area contributed by atoms with Crippen LogP contribution in [0.2, 0.25) is 0 Å². The van der Waals surface area contributed by atoms with Gasteiger partial charge in [-0.15, -0.1) is 0 Å². The maximum atomic E-state index is 5.39. The lowest BCUT2D eigenvalue weighted by Crippen LogP contribution is -2.35. The summed E-state index contributed by atoms with van der Waals surface area (Å²) in [4.78, 5) is 5.18. The summed E-state index contributed by atoms with van der Waals surface area (Å²) in [5, 5.41) is 4.37. The molecule has 22 heavy (non-hydrogen) atoms. The lowest BCUT2D eigenvalue weighted by atomic mass is 9.89. The molecule has 1 aliphatic heterocycles. The Bertz CT molecular complexity index is 517. The first kappa shape index (κ1) is 16.1. The summed E-state index contributed by atoms with van der Waals surface area (Å²) in [7, 11) is 1.96. The van der Waals surface area contributed by atoms with E-state index in [4.69, 9.17) is 12.2 Å². The van der Waals surface area contributed by atoms with Gasteiger partial charge in [0, 0.05) is 33.2 Å². The van der Waals surface area contributed by atoms with Gasteiger partial charge in [-0.2, -0.15) is 5.10 Å². The van der Waals surface area contributed by atoms with Gasteiger partial charge in [-0.25, -0.2) is 4.68 Å². The van der Waals surface area contributed by atoms with Crippen molar-refractivity contribution in [3.8, 4) is 0 Å². The predicted octanol–water partition coefficient (Wildman–Crippen LogP) is 2.50. The van der Waals surface area contributed by atoms with Crippen molar-refractivity contribution in [1.82, 2.24) is 24.1 Å². The molecule has 6 heteroatoms. The molecule has 1 aromatic rings. The van der Waals surface area contributed by atoms with Crippen molar-refractivity contribution in [2.45, 2.75) is 45.2 Å². The third-order valence-electron chi connectivity index (χ3n) is 5.14. The quantitative estimate of drug-likeness (QED) is 0.796. The fourth-order valence-electron chi connectivity index (χ4n) is 3.79. The highest BCUT2D eigenvalue weighted by Crippen LogP contribution is 2.24. The molecule has 3 rings (SSSR count). The van der Waals surface area contributed by atoms with E-state index in [9.17, 15) is 0 Å². The van der Waals surface area contributed by atoms with Crippen LogP contribution in [0.1, 0.15) is 38.5 Å². The van der Waals surface area contributed by atoms with Crippen LogP contribution in [0.25, 0.3) is 0 Å². The van der Waals surface area contributed by atoms with E-state index in [1.54, 1.807) is 6.33 Å². The first-order valence-electron chi connectivity index (χ1n) is 8.75. The number of rotatable bonds is 4. The first-order chi connectivity index (χ1) is 10.7. The second kappa shape index (κ2) is 7.70. The van der Waals surface area contributed by atoms with E-state index in [0.717, 1.165) is 30.4 Å². The van der Waals surface area contributed by atoms with Crippen LogP contribution in [-0.4, -0.2) is 56.9 Å². The Hall–Kier alpha value is -0.720. The summed E-state index contributed by atoms with van der Waals surface area (Å²) in [6.45, 7) is 6.87. The van der Waals surface area contributed by atoms with Crippen molar-refractivity contribution in [3.63, 3.8) is 0 Å². The van der Waals surface area contributed by atoms with E-state index in [1.807, 2.05) is 16.3 Å². The van der Waals surface area contributed by atoms with Gasteiger partial charge in [-0.05, 0) is 43.9 Å². The molecule has 2 heterocycles. The molecule has 0 amide bonds. The Morgan fingerprint density at radius 3 is 2.50 bits per heavy atom. The first-order valence-corrected chi connectivity index (χ1v) is 9.16. The van der Waals surface area contributed by atoms with Gasteiger partial charge in [0.1, 0.15) is 6.33 Å². The minimum Gasteiger partial charge on any atom is -0.310 e. The molecular formula is C16H29N5S. The summed E-state index contributed by atoms with van der Waals surface area (Å²) >= 11 is 5.39. The van der Waals surface area contributed by atoms with E-state index in [0.29, 0.717) is 0 Å². The molecule has 0 atom stereocenters. The Kier molecular flexibility index (Phi) is 5.66. The summed E-state index contributed by atoms with van der Waals surface area (Å²) in [6, 6.07) is 0. The zero-order chi connectivity index (χ0) is 15.4. The molecule has 0 unspecified atom stereocenters. The molecule has 2 fully saturated rings. The third kappa shape index (κ3) is 4.18. The number of aromatic nitrogens is 3. The van der Waals surface area contributed by atoms with Crippen LogP contribution in [0, 0.1) is 10.7 Å². The van der Waals surface area contributed by atoms with Crippen molar-refractivity contribution in [2.75, 3.05) is 32.7 Å². The molecule has 1 saturated carbocycles. The Labute approximate surface area is 138 Å². The second-order valence-corrected chi connectivity index (χ2v) is 7.31. The van der Waals surface area contributed by atoms with Crippen LogP contribution in [0.5, 0.6) is 0 Å². The second-order valence-electron chi connectivity index (χ2n) is 6.94. The van der Waals surface area contributed by atoms with Crippen molar-refractivity contribution < 1.29 is 0 Å². The van der Waals surface area contributed by atoms with Gasteiger partial charge in [0.15, 0.2) is 4.77 Å². The molecule has 0 radical (unpaired) electrons. The van der Waals surface area contributed by atoms with Crippen LogP contribution in [0.15, 0.2) is 6.33 Å². The van der Waals surface area contributed by atoms with Gasteiger partial charge < -0.3 is 9.47 Å².